The highest BCUT2D eigenvalue weighted by atomic mass is 15.3. The number of nitrogens with two attached hydrogens (primary N) is 1. The summed E-state index contributed by atoms with van der Waals surface area (Å²) in [4.78, 5) is 0. The van der Waals surface area contributed by atoms with E-state index in [1.54, 1.807) is 0 Å². The fraction of sp³-hybridized carbons (Fsp3) is 0.500. The minimum absolute atomic E-state index is 0.554. The number of rotatable bonds is 1. The Kier molecular flexibility index (Phi) is 2.54. The number of hydrogen-bond donors (Lipinski definition) is 1. The summed E-state index contributed by atoms with van der Waals surface area (Å²) < 4.78 is 2.18. The van der Waals surface area contributed by atoms with Gasteiger partial charge in [0.05, 0.1) is 17.8 Å². The smallest absolute Gasteiger partial charge is 0.0706 e. The van der Waals surface area contributed by atoms with E-state index in [9.17, 15) is 0 Å². The Balaban J connectivity index is 2.01. The number of nitrogens with zero attached hydrogens (tertiary/aromatic N) is 2. The molecule has 0 amide bonds. The van der Waals surface area contributed by atoms with Gasteiger partial charge in [-0.05, 0) is 37.0 Å². The number of benzene rings is 1. The molecule has 1 aliphatic rings. The van der Waals surface area contributed by atoms with Gasteiger partial charge in [0.1, 0.15) is 0 Å². The van der Waals surface area contributed by atoms with Crippen molar-refractivity contribution in [2.75, 3.05) is 5.73 Å². The molecule has 2 atom stereocenters. The molecular formula is C14H19N3. The molecule has 0 radical (unpaired) electrons. The molecule has 2 N–H and O–H groups in total. The fourth-order valence-corrected chi connectivity index (χ4v) is 2.97. The average molecular weight is 229 g/mol. The van der Waals surface area contributed by atoms with Crippen LogP contribution in [0.3, 0.4) is 0 Å². The Hall–Kier alpha value is -1.51. The van der Waals surface area contributed by atoms with E-state index in [0.717, 1.165) is 11.6 Å². The molecule has 0 spiro atoms. The van der Waals surface area contributed by atoms with Crippen LogP contribution in [0.2, 0.25) is 0 Å². The number of hydrogen-bond acceptors (Lipinski definition) is 2. The molecule has 3 heteroatoms. The SMILES string of the molecule is CC1CCCC(n2ncc3ccc(N)cc32)C1. The Morgan fingerprint density at radius 2 is 2.24 bits per heavy atom. The summed E-state index contributed by atoms with van der Waals surface area (Å²) in [5.74, 6) is 0.814. The van der Waals surface area contributed by atoms with E-state index in [1.165, 1.54) is 36.6 Å². The van der Waals surface area contributed by atoms with Gasteiger partial charge < -0.3 is 5.73 Å². The van der Waals surface area contributed by atoms with Crippen molar-refractivity contribution in [3.05, 3.63) is 24.4 Å². The first-order valence-electron chi connectivity index (χ1n) is 6.47. The lowest BCUT2D eigenvalue weighted by atomic mass is 9.87. The van der Waals surface area contributed by atoms with Crippen LogP contribution in [0.4, 0.5) is 5.69 Å². The number of nitrogen functional groups attached to an aromatic ring is 1. The van der Waals surface area contributed by atoms with Gasteiger partial charge in [-0.1, -0.05) is 19.8 Å². The monoisotopic (exact) mass is 229 g/mol. The Bertz CT molecular complexity index is 529. The number of aromatic nitrogens is 2. The summed E-state index contributed by atoms with van der Waals surface area (Å²) in [6.07, 6.45) is 7.11. The van der Waals surface area contributed by atoms with Crippen molar-refractivity contribution < 1.29 is 0 Å². The predicted octanol–water partition coefficient (Wildman–Crippen LogP) is 3.37. The highest BCUT2D eigenvalue weighted by Gasteiger charge is 2.22. The summed E-state index contributed by atoms with van der Waals surface area (Å²) in [6.45, 7) is 2.34. The van der Waals surface area contributed by atoms with Crippen molar-refractivity contribution >= 4 is 16.6 Å². The maximum absolute atomic E-state index is 5.87. The predicted molar refractivity (Wildman–Crippen MR) is 70.8 cm³/mol. The molecule has 0 aliphatic heterocycles. The molecule has 2 unspecified atom stereocenters. The molecular weight excluding hydrogens is 210 g/mol. The lowest BCUT2D eigenvalue weighted by Gasteiger charge is -2.27. The average Bonchev–Trinajstić information content (AvgIpc) is 2.71. The highest BCUT2D eigenvalue weighted by Crippen LogP contribution is 2.33. The van der Waals surface area contributed by atoms with Crippen LogP contribution in [0.5, 0.6) is 0 Å². The standard InChI is InChI=1S/C14H19N3/c1-10-3-2-4-13(7-10)17-14-8-12(15)6-5-11(14)9-16-17/h5-6,8-10,13H,2-4,7,15H2,1H3. The number of anilines is 1. The molecule has 17 heavy (non-hydrogen) atoms. The summed E-state index contributed by atoms with van der Waals surface area (Å²) >= 11 is 0. The van der Waals surface area contributed by atoms with Gasteiger partial charge in [-0.2, -0.15) is 5.10 Å². The highest BCUT2D eigenvalue weighted by molar-refractivity contribution is 5.81. The van der Waals surface area contributed by atoms with Crippen LogP contribution in [0.15, 0.2) is 24.4 Å². The molecule has 0 saturated heterocycles. The zero-order valence-electron chi connectivity index (χ0n) is 10.3. The molecule has 1 aromatic carbocycles. The summed E-state index contributed by atoms with van der Waals surface area (Å²) in [7, 11) is 0. The van der Waals surface area contributed by atoms with Gasteiger partial charge >= 0.3 is 0 Å². The first kappa shape index (κ1) is 10.6. The van der Waals surface area contributed by atoms with Crippen molar-refractivity contribution in [3.8, 4) is 0 Å². The summed E-state index contributed by atoms with van der Waals surface area (Å²) in [6, 6.07) is 6.60. The lowest BCUT2D eigenvalue weighted by Crippen LogP contribution is -2.18. The second-order valence-electron chi connectivity index (χ2n) is 5.33. The van der Waals surface area contributed by atoms with Gasteiger partial charge in [-0.3, -0.25) is 4.68 Å². The third kappa shape index (κ3) is 1.90. The maximum Gasteiger partial charge on any atom is 0.0706 e. The van der Waals surface area contributed by atoms with Gasteiger partial charge in [0.2, 0.25) is 0 Å². The van der Waals surface area contributed by atoms with E-state index >= 15 is 0 Å². The first-order valence-corrected chi connectivity index (χ1v) is 6.47. The van der Waals surface area contributed by atoms with Gasteiger partial charge in [0.25, 0.3) is 0 Å². The van der Waals surface area contributed by atoms with Gasteiger partial charge in [-0.25, -0.2) is 0 Å². The maximum atomic E-state index is 5.87. The van der Waals surface area contributed by atoms with Crippen LogP contribution in [-0.4, -0.2) is 9.78 Å². The number of fused-ring (bicyclic) bond motifs is 1. The lowest BCUT2D eigenvalue weighted by molar-refractivity contribution is 0.272. The second kappa shape index (κ2) is 4.06. The summed E-state index contributed by atoms with van der Waals surface area (Å²) in [5, 5.41) is 5.75. The molecule has 90 valence electrons. The minimum atomic E-state index is 0.554. The molecule has 1 fully saturated rings. The Labute approximate surface area is 102 Å². The van der Waals surface area contributed by atoms with Gasteiger partial charge in [0, 0.05) is 11.1 Å². The van der Waals surface area contributed by atoms with Crippen LogP contribution in [0, 0.1) is 5.92 Å². The van der Waals surface area contributed by atoms with E-state index < -0.39 is 0 Å². The van der Waals surface area contributed by atoms with E-state index in [1.807, 2.05) is 18.3 Å². The minimum Gasteiger partial charge on any atom is -0.399 e. The molecule has 3 rings (SSSR count). The van der Waals surface area contributed by atoms with Crippen LogP contribution in [-0.2, 0) is 0 Å². The molecule has 1 aromatic heterocycles. The second-order valence-corrected chi connectivity index (χ2v) is 5.33. The third-order valence-corrected chi connectivity index (χ3v) is 3.88. The van der Waals surface area contributed by atoms with Crippen LogP contribution < -0.4 is 5.73 Å². The van der Waals surface area contributed by atoms with Gasteiger partial charge in [-0.15, -0.1) is 0 Å². The van der Waals surface area contributed by atoms with E-state index in [4.69, 9.17) is 5.73 Å². The zero-order valence-corrected chi connectivity index (χ0v) is 10.3. The van der Waals surface area contributed by atoms with Crippen molar-refractivity contribution in [1.29, 1.82) is 0 Å². The molecule has 2 aromatic rings. The molecule has 1 saturated carbocycles. The largest absolute Gasteiger partial charge is 0.399 e. The van der Waals surface area contributed by atoms with Gasteiger partial charge in [0.15, 0.2) is 0 Å². The molecule has 0 bridgehead atoms. The Morgan fingerprint density at radius 3 is 3.06 bits per heavy atom. The van der Waals surface area contributed by atoms with Crippen molar-refractivity contribution in [2.45, 2.75) is 38.6 Å². The van der Waals surface area contributed by atoms with Crippen LogP contribution in [0.25, 0.3) is 10.9 Å². The van der Waals surface area contributed by atoms with Crippen LogP contribution in [0.1, 0.15) is 38.6 Å². The molecule has 1 heterocycles. The fourth-order valence-electron chi connectivity index (χ4n) is 2.97. The third-order valence-electron chi connectivity index (χ3n) is 3.88. The van der Waals surface area contributed by atoms with Crippen molar-refractivity contribution in [1.82, 2.24) is 9.78 Å². The van der Waals surface area contributed by atoms with Crippen LogP contribution >= 0.6 is 0 Å². The van der Waals surface area contributed by atoms with E-state index in [-0.39, 0.29) is 0 Å². The normalized spacial score (nSPS) is 25.2. The first-order chi connectivity index (χ1) is 8.24. The summed E-state index contributed by atoms with van der Waals surface area (Å²) in [5.41, 5.74) is 7.87. The molecule has 3 nitrogen and oxygen atoms in total. The topological polar surface area (TPSA) is 43.8 Å². The zero-order chi connectivity index (χ0) is 11.8. The quantitative estimate of drug-likeness (QED) is 0.762. The van der Waals surface area contributed by atoms with Crippen molar-refractivity contribution in [2.24, 2.45) is 5.92 Å². The van der Waals surface area contributed by atoms with E-state index in [2.05, 4.69) is 22.8 Å². The molecule has 1 aliphatic carbocycles. The van der Waals surface area contributed by atoms with Crippen molar-refractivity contribution in [3.63, 3.8) is 0 Å². The van der Waals surface area contributed by atoms with E-state index in [0.29, 0.717) is 6.04 Å². The Morgan fingerprint density at radius 1 is 1.35 bits per heavy atom.